The summed E-state index contributed by atoms with van der Waals surface area (Å²) in [6.07, 6.45) is 8.16. The van der Waals surface area contributed by atoms with Gasteiger partial charge in [0.1, 0.15) is 0 Å². The van der Waals surface area contributed by atoms with Gasteiger partial charge >= 0.3 is 0 Å². The van der Waals surface area contributed by atoms with Crippen LogP contribution in [0.5, 0.6) is 0 Å². The van der Waals surface area contributed by atoms with E-state index in [2.05, 4.69) is 45.0 Å². The molecule has 18 heavy (non-hydrogen) atoms. The highest BCUT2D eigenvalue weighted by Gasteiger charge is 2.27. The van der Waals surface area contributed by atoms with Gasteiger partial charge in [-0.05, 0) is 45.6 Å². The SMILES string of the molecule is CCC(CC)NCC(C)N(C)C1CCCCC1C. The van der Waals surface area contributed by atoms with Gasteiger partial charge in [-0.1, -0.05) is 33.6 Å². The molecule has 2 nitrogen and oxygen atoms in total. The zero-order chi connectivity index (χ0) is 13.5. The van der Waals surface area contributed by atoms with Crippen molar-refractivity contribution in [2.75, 3.05) is 13.6 Å². The van der Waals surface area contributed by atoms with Crippen molar-refractivity contribution < 1.29 is 0 Å². The first-order chi connectivity index (χ1) is 8.60. The van der Waals surface area contributed by atoms with Gasteiger partial charge in [0.2, 0.25) is 0 Å². The van der Waals surface area contributed by atoms with E-state index in [9.17, 15) is 0 Å². The lowest BCUT2D eigenvalue weighted by molar-refractivity contribution is 0.101. The molecule has 1 aliphatic carbocycles. The number of nitrogens with one attached hydrogen (secondary N) is 1. The Balaban J connectivity index is 2.37. The van der Waals surface area contributed by atoms with E-state index in [1.54, 1.807) is 0 Å². The normalized spacial score (nSPS) is 26.8. The van der Waals surface area contributed by atoms with Gasteiger partial charge in [-0.2, -0.15) is 0 Å². The molecule has 3 unspecified atom stereocenters. The maximum Gasteiger partial charge on any atom is 0.0192 e. The summed E-state index contributed by atoms with van der Waals surface area (Å²) in [7, 11) is 2.33. The highest BCUT2D eigenvalue weighted by atomic mass is 15.2. The molecular weight excluding hydrogens is 220 g/mol. The minimum atomic E-state index is 0.649. The summed E-state index contributed by atoms with van der Waals surface area (Å²) in [6, 6.07) is 2.15. The van der Waals surface area contributed by atoms with E-state index in [-0.39, 0.29) is 0 Å². The molecule has 1 saturated carbocycles. The summed E-state index contributed by atoms with van der Waals surface area (Å²) in [6.45, 7) is 10.5. The molecule has 3 atom stereocenters. The minimum Gasteiger partial charge on any atom is -0.312 e. The lowest BCUT2D eigenvalue weighted by Crippen LogP contribution is -2.48. The first-order valence-electron chi connectivity index (χ1n) is 8.05. The Morgan fingerprint density at radius 3 is 2.33 bits per heavy atom. The third-order valence-electron chi connectivity index (χ3n) is 4.97. The average molecular weight is 254 g/mol. The van der Waals surface area contributed by atoms with Crippen LogP contribution in [0.25, 0.3) is 0 Å². The molecule has 0 aromatic heterocycles. The van der Waals surface area contributed by atoms with E-state index in [4.69, 9.17) is 0 Å². The maximum atomic E-state index is 3.71. The Kier molecular flexibility index (Phi) is 7.25. The van der Waals surface area contributed by atoms with Crippen molar-refractivity contribution in [1.29, 1.82) is 0 Å². The summed E-state index contributed by atoms with van der Waals surface area (Å²) in [4.78, 5) is 2.62. The van der Waals surface area contributed by atoms with Gasteiger partial charge in [0, 0.05) is 24.7 Å². The predicted molar refractivity (Wildman–Crippen MR) is 81.0 cm³/mol. The van der Waals surface area contributed by atoms with Crippen molar-refractivity contribution in [3.05, 3.63) is 0 Å². The minimum absolute atomic E-state index is 0.649. The van der Waals surface area contributed by atoms with Gasteiger partial charge in [0.25, 0.3) is 0 Å². The van der Waals surface area contributed by atoms with Crippen LogP contribution in [0.3, 0.4) is 0 Å². The van der Waals surface area contributed by atoms with E-state index in [0.717, 1.165) is 18.5 Å². The second-order valence-corrected chi connectivity index (χ2v) is 6.27. The zero-order valence-electron chi connectivity index (χ0n) is 13.2. The third kappa shape index (κ3) is 4.55. The van der Waals surface area contributed by atoms with Crippen LogP contribution in [0.15, 0.2) is 0 Å². The van der Waals surface area contributed by atoms with Crippen LogP contribution < -0.4 is 5.32 Å². The molecule has 1 aliphatic rings. The van der Waals surface area contributed by atoms with Crippen LogP contribution in [0, 0.1) is 5.92 Å². The summed E-state index contributed by atoms with van der Waals surface area (Å²) in [5, 5.41) is 3.71. The molecule has 0 aromatic rings. The zero-order valence-corrected chi connectivity index (χ0v) is 13.2. The van der Waals surface area contributed by atoms with Gasteiger partial charge in [-0.15, -0.1) is 0 Å². The lowest BCUT2D eigenvalue weighted by atomic mass is 9.84. The smallest absolute Gasteiger partial charge is 0.0192 e. The molecule has 108 valence electrons. The van der Waals surface area contributed by atoms with Gasteiger partial charge in [-0.3, -0.25) is 4.90 Å². The van der Waals surface area contributed by atoms with Gasteiger partial charge in [0.05, 0.1) is 0 Å². The molecule has 1 N–H and O–H groups in total. The molecule has 0 spiro atoms. The standard InChI is InChI=1S/C16H34N2/c1-6-15(7-2)17-12-14(4)18(5)16-11-9-8-10-13(16)3/h13-17H,6-12H2,1-5H3. The van der Waals surface area contributed by atoms with Crippen LogP contribution in [0.4, 0.5) is 0 Å². The molecular formula is C16H34N2. The fourth-order valence-corrected chi connectivity index (χ4v) is 3.29. The van der Waals surface area contributed by atoms with Crippen LogP contribution in [0.1, 0.15) is 66.2 Å². The molecule has 0 radical (unpaired) electrons. The molecule has 0 bridgehead atoms. The summed E-state index contributed by atoms with van der Waals surface area (Å²) >= 11 is 0. The molecule has 0 saturated heterocycles. The fourth-order valence-electron chi connectivity index (χ4n) is 3.29. The Labute approximate surface area is 115 Å². The molecule has 0 aliphatic heterocycles. The largest absolute Gasteiger partial charge is 0.312 e. The van der Waals surface area contributed by atoms with Crippen molar-refractivity contribution in [2.24, 2.45) is 5.92 Å². The predicted octanol–water partition coefficient (Wildman–Crippen LogP) is 3.66. The van der Waals surface area contributed by atoms with E-state index in [1.165, 1.54) is 38.5 Å². The molecule has 0 aromatic carbocycles. The van der Waals surface area contributed by atoms with Crippen LogP contribution in [-0.2, 0) is 0 Å². The van der Waals surface area contributed by atoms with Crippen LogP contribution >= 0.6 is 0 Å². The van der Waals surface area contributed by atoms with Gasteiger partial charge < -0.3 is 5.32 Å². The second-order valence-electron chi connectivity index (χ2n) is 6.27. The summed E-state index contributed by atoms with van der Waals surface area (Å²) < 4.78 is 0. The van der Waals surface area contributed by atoms with Crippen molar-refractivity contribution >= 4 is 0 Å². The summed E-state index contributed by atoms with van der Waals surface area (Å²) in [5.41, 5.74) is 0. The van der Waals surface area contributed by atoms with E-state index in [0.29, 0.717) is 12.1 Å². The van der Waals surface area contributed by atoms with Crippen molar-refractivity contribution in [1.82, 2.24) is 10.2 Å². The van der Waals surface area contributed by atoms with Crippen molar-refractivity contribution in [3.63, 3.8) is 0 Å². The highest BCUT2D eigenvalue weighted by Crippen LogP contribution is 2.28. The molecule has 0 heterocycles. The number of hydrogen-bond donors (Lipinski definition) is 1. The first kappa shape index (κ1) is 16.0. The molecule has 0 amide bonds. The Bertz CT molecular complexity index is 213. The van der Waals surface area contributed by atoms with Crippen molar-refractivity contribution in [3.8, 4) is 0 Å². The number of hydrogen-bond acceptors (Lipinski definition) is 2. The highest BCUT2D eigenvalue weighted by molar-refractivity contribution is 4.83. The van der Waals surface area contributed by atoms with Crippen molar-refractivity contribution in [2.45, 2.75) is 84.3 Å². The molecule has 2 heteroatoms. The summed E-state index contributed by atoms with van der Waals surface area (Å²) in [5.74, 6) is 0.874. The number of nitrogens with zero attached hydrogens (tertiary/aromatic N) is 1. The Morgan fingerprint density at radius 2 is 1.78 bits per heavy atom. The monoisotopic (exact) mass is 254 g/mol. The quantitative estimate of drug-likeness (QED) is 0.746. The van der Waals surface area contributed by atoms with E-state index in [1.807, 2.05) is 0 Å². The first-order valence-corrected chi connectivity index (χ1v) is 8.05. The molecule has 1 rings (SSSR count). The lowest BCUT2D eigenvalue weighted by Gasteiger charge is -2.40. The Hall–Kier alpha value is -0.0800. The third-order valence-corrected chi connectivity index (χ3v) is 4.97. The van der Waals surface area contributed by atoms with E-state index >= 15 is 0 Å². The van der Waals surface area contributed by atoms with Crippen LogP contribution in [-0.4, -0.2) is 36.6 Å². The number of likely N-dealkylation sites (N-methyl/N-ethyl adjacent to an activating group) is 1. The van der Waals surface area contributed by atoms with Gasteiger partial charge in [-0.25, -0.2) is 0 Å². The fraction of sp³-hybridized carbons (Fsp3) is 1.00. The van der Waals surface area contributed by atoms with E-state index < -0.39 is 0 Å². The Morgan fingerprint density at radius 1 is 1.17 bits per heavy atom. The second kappa shape index (κ2) is 8.16. The number of rotatable bonds is 7. The average Bonchev–Trinajstić information content (AvgIpc) is 2.39. The maximum absolute atomic E-state index is 3.71. The topological polar surface area (TPSA) is 15.3 Å². The molecule has 1 fully saturated rings. The van der Waals surface area contributed by atoms with Gasteiger partial charge in [0.15, 0.2) is 0 Å². The van der Waals surface area contributed by atoms with Crippen LogP contribution in [0.2, 0.25) is 0 Å².